The van der Waals surface area contributed by atoms with Gasteiger partial charge in [-0.05, 0) is 63.3 Å². The van der Waals surface area contributed by atoms with Crippen molar-refractivity contribution in [1.82, 2.24) is 0 Å². The van der Waals surface area contributed by atoms with Gasteiger partial charge in [0.25, 0.3) is 0 Å². The summed E-state index contributed by atoms with van der Waals surface area (Å²) in [5, 5.41) is 2.19. The fourth-order valence-electron chi connectivity index (χ4n) is 4.44. The predicted molar refractivity (Wildman–Crippen MR) is 96.0 cm³/mol. The van der Waals surface area contributed by atoms with Crippen molar-refractivity contribution in [3.8, 4) is 0 Å². The van der Waals surface area contributed by atoms with E-state index in [0.717, 1.165) is 23.6 Å². The molecule has 0 amide bonds. The van der Waals surface area contributed by atoms with Crippen molar-refractivity contribution in [1.29, 1.82) is 0 Å². The lowest BCUT2D eigenvalue weighted by Crippen LogP contribution is -2.27. The van der Waals surface area contributed by atoms with Crippen molar-refractivity contribution < 1.29 is 4.39 Å². The minimum absolute atomic E-state index is 0.0305. The zero-order valence-corrected chi connectivity index (χ0v) is 14.3. The lowest BCUT2D eigenvalue weighted by atomic mass is 9.64. The smallest absolute Gasteiger partial charge is 0.123 e. The number of hydrogen-bond acceptors (Lipinski definition) is 0. The molecule has 1 heteroatoms. The fourth-order valence-corrected chi connectivity index (χ4v) is 4.44. The molecule has 0 atom stereocenters. The molecule has 0 fully saturated rings. The second-order valence-electron chi connectivity index (χ2n) is 8.43. The van der Waals surface area contributed by atoms with Crippen LogP contribution in [0.4, 0.5) is 4.39 Å². The van der Waals surface area contributed by atoms with Crippen molar-refractivity contribution in [3.63, 3.8) is 0 Å². The van der Waals surface area contributed by atoms with Gasteiger partial charge in [-0.15, -0.1) is 0 Å². The van der Waals surface area contributed by atoms with E-state index in [4.69, 9.17) is 0 Å². The summed E-state index contributed by atoms with van der Waals surface area (Å²) in [5.74, 6) is -0.151. The van der Waals surface area contributed by atoms with Gasteiger partial charge in [-0.25, -0.2) is 4.39 Å². The molecule has 23 heavy (non-hydrogen) atoms. The number of allylic oxidation sites excluding steroid dienone is 4. The van der Waals surface area contributed by atoms with Crippen molar-refractivity contribution in [2.75, 3.05) is 0 Å². The normalized spacial score (nSPS) is 21.3. The van der Waals surface area contributed by atoms with E-state index in [-0.39, 0.29) is 16.6 Å². The summed E-state index contributed by atoms with van der Waals surface area (Å²) in [6, 6.07) is 9.52. The Morgan fingerprint density at radius 3 is 2.48 bits per heavy atom. The molecule has 0 aromatic heterocycles. The Bertz CT molecular complexity index is 878. The number of hydrogen-bond donors (Lipinski definition) is 0. The third kappa shape index (κ3) is 2.25. The van der Waals surface area contributed by atoms with Crippen LogP contribution in [0.3, 0.4) is 0 Å². The van der Waals surface area contributed by atoms with Gasteiger partial charge in [-0.1, -0.05) is 63.6 Å². The highest BCUT2D eigenvalue weighted by atomic mass is 19.1. The largest absolute Gasteiger partial charge is 0.207 e. The first-order valence-electron chi connectivity index (χ1n) is 8.41. The molecule has 2 aliphatic rings. The van der Waals surface area contributed by atoms with Crippen molar-refractivity contribution >= 4 is 16.3 Å². The Morgan fingerprint density at radius 2 is 1.70 bits per heavy atom. The molecule has 0 heterocycles. The number of rotatable bonds is 0. The van der Waals surface area contributed by atoms with Crippen LogP contribution in [0.2, 0.25) is 0 Å². The molecule has 118 valence electrons. The summed E-state index contributed by atoms with van der Waals surface area (Å²) in [5.41, 5.74) is 5.77. The van der Waals surface area contributed by atoms with Crippen molar-refractivity contribution in [2.45, 2.75) is 46.0 Å². The fraction of sp³-hybridized carbons (Fsp3) is 0.364. The summed E-state index contributed by atoms with van der Waals surface area (Å²) < 4.78 is 13.9. The zero-order chi connectivity index (χ0) is 16.4. The first kappa shape index (κ1) is 14.7. The predicted octanol–water partition coefficient (Wildman–Crippen LogP) is 6.40. The third-order valence-electron chi connectivity index (χ3n) is 5.36. The SMILES string of the molecule is CC1(C)C=CC2=C(C1)CC(C)(C)c1c2ccc2ccc(F)cc12. The van der Waals surface area contributed by atoms with Crippen LogP contribution < -0.4 is 0 Å². The van der Waals surface area contributed by atoms with Gasteiger partial charge < -0.3 is 0 Å². The summed E-state index contributed by atoms with van der Waals surface area (Å²) >= 11 is 0. The Hall–Kier alpha value is -1.89. The van der Waals surface area contributed by atoms with Crippen molar-refractivity contribution in [3.05, 3.63) is 65.0 Å². The third-order valence-corrected chi connectivity index (χ3v) is 5.36. The molecule has 0 saturated heterocycles. The van der Waals surface area contributed by atoms with Gasteiger partial charge >= 0.3 is 0 Å². The minimum atomic E-state index is -0.151. The maximum absolute atomic E-state index is 13.9. The minimum Gasteiger partial charge on any atom is -0.207 e. The highest BCUT2D eigenvalue weighted by Gasteiger charge is 2.36. The van der Waals surface area contributed by atoms with Gasteiger partial charge in [0.05, 0.1) is 0 Å². The molecule has 0 bridgehead atoms. The highest BCUT2D eigenvalue weighted by Crippen LogP contribution is 2.50. The van der Waals surface area contributed by atoms with Crippen LogP contribution in [0.15, 0.2) is 48.1 Å². The van der Waals surface area contributed by atoms with Gasteiger partial charge in [0, 0.05) is 0 Å². The lowest BCUT2D eigenvalue weighted by Gasteiger charge is -2.40. The average molecular weight is 306 g/mol. The number of halogens is 1. The van der Waals surface area contributed by atoms with Crippen LogP contribution in [-0.4, -0.2) is 0 Å². The van der Waals surface area contributed by atoms with E-state index in [0.29, 0.717) is 0 Å². The summed E-state index contributed by atoms with van der Waals surface area (Å²) in [4.78, 5) is 0. The maximum Gasteiger partial charge on any atom is 0.123 e. The first-order chi connectivity index (χ1) is 10.8. The Labute approximate surface area is 137 Å². The highest BCUT2D eigenvalue weighted by molar-refractivity contribution is 5.95. The van der Waals surface area contributed by atoms with Gasteiger partial charge in [0.15, 0.2) is 0 Å². The van der Waals surface area contributed by atoms with Gasteiger partial charge in [0.1, 0.15) is 5.82 Å². The standard InChI is InChI=1S/C22H23F/c1-21(2)10-9-17-15(12-21)13-22(3,4)20-18(17)8-6-14-5-7-16(23)11-19(14)20/h5-11H,12-13H2,1-4H3. The maximum atomic E-state index is 13.9. The zero-order valence-electron chi connectivity index (χ0n) is 14.3. The average Bonchev–Trinajstić information content (AvgIpc) is 2.44. The molecule has 0 saturated carbocycles. The Morgan fingerprint density at radius 1 is 0.957 bits per heavy atom. The number of fused-ring (bicyclic) bond motifs is 4. The second kappa shape index (κ2) is 4.56. The molecule has 2 aromatic carbocycles. The Kier molecular flexibility index (Phi) is 2.91. The molecule has 2 aliphatic carbocycles. The first-order valence-corrected chi connectivity index (χ1v) is 8.41. The molecular formula is C22H23F. The molecule has 0 unspecified atom stereocenters. The number of benzene rings is 2. The van der Waals surface area contributed by atoms with Gasteiger partial charge in [-0.3, -0.25) is 0 Å². The van der Waals surface area contributed by atoms with E-state index in [9.17, 15) is 4.39 Å². The van der Waals surface area contributed by atoms with Crippen LogP contribution >= 0.6 is 0 Å². The van der Waals surface area contributed by atoms with Gasteiger partial charge in [-0.2, -0.15) is 0 Å². The summed E-state index contributed by atoms with van der Waals surface area (Å²) in [6.07, 6.45) is 6.78. The molecule has 0 N–H and O–H groups in total. The topological polar surface area (TPSA) is 0 Å². The second-order valence-corrected chi connectivity index (χ2v) is 8.43. The molecule has 0 nitrogen and oxygen atoms in total. The van der Waals surface area contributed by atoms with Crippen molar-refractivity contribution in [2.24, 2.45) is 5.41 Å². The molecule has 2 aromatic rings. The van der Waals surface area contributed by atoms with E-state index in [2.05, 4.69) is 52.0 Å². The molecule has 4 rings (SSSR count). The van der Waals surface area contributed by atoms with Gasteiger partial charge in [0.2, 0.25) is 0 Å². The van der Waals surface area contributed by atoms with E-state index >= 15 is 0 Å². The van der Waals surface area contributed by atoms with Crippen LogP contribution in [0, 0.1) is 11.2 Å². The van der Waals surface area contributed by atoms with E-state index in [1.54, 1.807) is 17.7 Å². The van der Waals surface area contributed by atoms with E-state index < -0.39 is 0 Å². The molecular weight excluding hydrogens is 283 g/mol. The monoisotopic (exact) mass is 306 g/mol. The summed E-state index contributed by atoms with van der Waals surface area (Å²) in [6.45, 7) is 9.19. The molecule has 0 aliphatic heterocycles. The quantitative estimate of drug-likeness (QED) is 0.528. The lowest BCUT2D eigenvalue weighted by molar-refractivity contribution is 0.429. The Balaban J connectivity index is 2.04. The van der Waals surface area contributed by atoms with Crippen LogP contribution in [-0.2, 0) is 5.41 Å². The van der Waals surface area contributed by atoms with Crippen LogP contribution in [0.5, 0.6) is 0 Å². The molecule has 0 spiro atoms. The molecule has 0 radical (unpaired) electrons. The van der Waals surface area contributed by atoms with Crippen LogP contribution in [0.25, 0.3) is 16.3 Å². The van der Waals surface area contributed by atoms with Crippen LogP contribution in [0.1, 0.15) is 51.7 Å². The summed E-state index contributed by atoms with van der Waals surface area (Å²) in [7, 11) is 0. The van der Waals surface area contributed by atoms with E-state index in [1.165, 1.54) is 16.7 Å². The van der Waals surface area contributed by atoms with E-state index in [1.807, 2.05) is 6.07 Å².